The molecular formula is C94H118BF3N8O12S. The molecule has 0 saturated carbocycles. The second-order valence-corrected chi connectivity index (χ2v) is 34.8. The van der Waals surface area contributed by atoms with E-state index >= 15 is 0 Å². The molecular weight excluding hydrogens is 1530 g/mol. The Morgan fingerprint density at radius 1 is 0.546 bits per heavy atom. The maximum atomic E-state index is 13.4. The fourth-order valence-electron chi connectivity index (χ4n) is 16.7. The number of methoxy groups -OCH3 is 2. The molecule has 12 rings (SSSR count). The molecule has 2 fully saturated rings. The zero-order chi connectivity index (χ0) is 87.8. The first-order valence-corrected chi connectivity index (χ1v) is 43.1. The van der Waals surface area contributed by atoms with Crippen molar-refractivity contribution in [3.63, 3.8) is 0 Å². The Morgan fingerprint density at radius 3 is 1.37 bits per heavy atom. The maximum absolute atomic E-state index is 13.4. The number of piperidine rings is 2. The zero-order valence-corrected chi connectivity index (χ0v) is 73.1. The number of carbonyl (C=O) groups is 7. The largest absolute Gasteiger partial charge is 0.468 e. The first kappa shape index (κ1) is 94.1. The Hall–Kier alpha value is -10.4. The van der Waals surface area contributed by atoms with Crippen molar-refractivity contribution in [2.24, 2.45) is 35.5 Å². The molecule has 7 heterocycles. The second-order valence-electron chi connectivity index (χ2n) is 32.9. The molecule has 0 spiro atoms. The predicted octanol–water partition coefficient (Wildman–Crippen LogP) is 17.5. The number of amides is 2. The quantitative estimate of drug-likeness (QED) is 0.0225. The van der Waals surface area contributed by atoms with Gasteiger partial charge in [0.05, 0.1) is 26.0 Å². The number of hydrogen-bond donors (Lipinski definition) is 4. The number of aryl methyl sites for hydroxylation is 2. The maximum Gasteiger partial charge on any atom is 0.411 e. The number of aldehydes is 1. The monoisotopic (exact) mass is 1650 g/mol. The summed E-state index contributed by atoms with van der Waals surface area (Å²) in [6.45, 7) is 33.6. The lowest BCUT2D eigenvalue weighted by atomic mass is 9.68. The second kappa shape index (κ2) is 42.0. The summed E-state index contributed by atoms with van der Waals surface area (Å²) in [5.41, 5.74) is 23.9. The van der Waals surface area contributed by atoms with Crippen LogP contribution in [0.4, 0.5) is 30.6 Å². The Bertz CT molecular complexity index is 5030. The Balaban J connectivity index is 0.000000186. The summed E-state index contributed by atoms with van der Waals surface area (Å²) in [6, 6.07) is 34.5. The first-order valence-electron chi connectivity index (χ1n) is 41.2. The number of Topliss-reactive ketones (excluding diaryl/α,β-unsaturated/α-hetero) is 2. The summed E-state index contributed by atoms with van der Waals surface area (Å²) >= 11 is 0. The minimum Gasteiger partial charge on any atom is -0.468 e. The summed E-state index contributed by atoms with van der Waals surface area (Å²) in [6.07, 6.45) is 8.33. The molecule has 6 unspecified atom stereocenters. The molecule has 0 radical (unpaired) electrons. The Labute approximate surface area is 701 Å². The molecule has 6 atom stereocenters. The van der Waals surface area contributed by atoms with Crippen molar-refractivity contribution in [1.82, 2.24) is 25.1 Å². The van der Waals surface area contributed by atoms with Crippen molar-refractivity contribution in [1.29, 1.82) is 0 Å². The molecule has 4 aliphatic rings. The third-order valence-electron chi connectivity index (χ3n) is 22.6. The van der Waals surface area contributed by atoms with E-state index in [1.165, 1.54) is 82.7 Å². The van der Waals surface area contributed by atoms with Crippen molar-refractivity contribution >= 4 is 76.1 Å². The molecule has 4 aliphatic heterocycles. The lowest BCUT2D eigenvalue weighted by Crippen LogP contribution is -2.52. The summed E-state index contributed by atoms with van der Waals surface area (Å²) in [5, 5.41) is 16.3. The molecule has 25 heteroatoms. The van der Waals surface area contributed by atoms with E-state index in [0.717, 1.165) is 128 Å². The molecule has 636 valence electrons. The lowest BCUT2D eigenvalue weighted by Gasteiger charge is -2.39. The normalized spacial score (nSPS) is 16.1. The van der Waals surface area contributed by atoms with Crippen LogP contribution in [-0.2, 0) is 61.1 Å². The van der Waals surface area contributed by atoms with Crippen LogP contribution in [0.1, 0.15) is 215 Å². The molecule has 0 aliphatic carbocycles. The van der Waals surface area contributed by atoms with E-state index in [9.17, 15) is 60.2 Å². The van der Waals surface area contributed by atoms with Crippen LogP contribution in [0.15, 0.2) is 121 Å². The van der Waals surface area contributed by atoms with E-state index in [1.807, 2.05) is 116 Å². The number of halogens is 3. The van der Waals surface area contributed by atoms with Gasteiger partial charge in [-0.1, -0.05) is 165 Å². The number of hydrogen-bond acceptors (Lipinski definition) is 17. The fourth-order valence-corrected chi connectivity index (χ4v) is 17.6. The van der Waals surface area contributed by atoms with Gasteiger partial charge >= 0.3 is 19.0 Å². The van der Waals surface area contributed by atoms with Gasteiger partial charge in [0.15, 0.2) is 6.29 Å². The third-order valence-corrected chi connectivity index (χ3v) is 23.8. The summed E-state index contributed by atoms with van der Waals surface area (Å²) in [4.78, 5) is 103. The number of rotatable bonds is 21. The highest BCUT2D eigenvalue weighted by molar-refractivity contribution is 7.92. The van der Waals surface area contributed by atoms with Gasteiger partial charge in [0.1, 0.15) is 58.3 Å². The summed E-state index contributed by atoms with van der Waals surface area (Å²) in [7, 11) is -1.75. The van der Waals surface area contributed by atoms with E-state index in [4.69, 9.17) is 25.2 Å². The molecule has 0 bridgehead atoms. The number of pyridine rings is 3. The minimum absolute atomic E-state index is 0.0951. The molecule has 3 aromatic heterocycles. The predicted molar refractivity (Wildman–Crippen MR) is 465 cm³/mol. The smallest absolute Gasteiger partial charge is 0.411 e. The van der Waals surface area contributed by atoms with E-state index in [0.29, 0.717) is 62.5 Å². The van der Waals surface area contributed by atoms with E-state index in [2.05, 4.69) is 36.4 Å². The van der Waals surface area contributed by atoms with Gasteiger partial charge in [-0.2, -0.15) is 0 Å². The fraction of sp³-hybridized carbons (Fsp3) is 0.447. The van der Waals surface area contributed by atoms with Gasteiger partial charge in [-0.05, 0) is 203 Å². The number of aromatic nitrogens is 3. The SMILES string of the molecule is COC(=O)C(C(=O)C(C)C)C(c1ccc(C)cc1)C1CCCN(B(C)O)C1=O.COC(=O)C(C(=O)C(C)C)C(c1ccc(C)cc1)C1CCCNC1=O.Cc1c(C(C)C)nc(N)c(C=O)c1-c1ccc(F)cc1.Cc1c(C(C)C)nc2c(c1-c1ccc(F)cc1)CCCN2.Cc1c(C(C)C)nc2c(c1-c1ccc(F)cc1)CCCN2S(C)(=O)=O. The average molecular weight is 1650 g/mol. The number of anilines is 3. The summed E-state index contributed by atoms with van der Waals surface area (Å²) < 4.78 is 75.5. The van der Waals surface area contributed by atoms with Crippen LogP contribution in [-0.4, -0.2) is 129 Å². The number of fused-ring (bicyclic) bond motifs is 2. The number of nitrogens with one attached hydrogen (secondary N) is 2. The van der Waals surface area contributed by atoms with Gasteiger partial charge in [-0.3, -0.25) is 37.9 Å². The Morgan fingerprint density at radius 2 is 0.950 bits per heavy atom. The summed E-state index contributed by atoms with van der Waals surface area (Å²) in [5.74, 6) is -5.08. The van der Waals surface area contributed by atoms with Crippen molar-refractivity contribution in [2.75, 3.05) is 62.0 Å². The minimum atomic E-state index is -3.39. The number of sulfonamides is 1. The number of esters is 2. The van der Waals surface area contributed by atoms with Crippen molar-refractivity contribution < 1.29 is 69.6 Å². The van der Waals surface area contributed by atoms with Crippen molar-refractivity contribution in [3.8, 4) is 33.4 Å². The highest BCUT2D eigenvalue weighted by atomic mass is 32.2. The number of nitrogen functional groups attached to an aromatic ring is 1. The van der Waals surface area contributed by atoms with E-state index in [-0.39, 0.29) is 70.3 Å². The number of nitrogens with zero attached hydrogens (tertiary/aromatic N) is 5. The van der Waals surface area contributed by atoms with Crippen LogP contribution in [0.5, 0.6) is 0 Å². The number of ether oxygens (including phenoxy) is 2. The molecule has 8 aromatic rings. The lowest BCUT2D eigenvalue weighted by molar-refractivity contribution is -0.154. The van der Waals surface area contributed by atoms with E-state index in [1.54, 1.807) is 58.8 Å². The van der Waals surface area contributed by atoms with Crippen LogP contribution in [0.25, 0.3) is 33.4 Å². The topological polar surface area (TPSA) is 288 Å². The van der Waals surface area contributed by atoms with Crippen LogP contribution in [0.3, 0.4) is 0 Å². The van der Waals surface area contributed by atoms with Crippen LogP contribution in [0.2, 0.25) is 6.82 Å². The van der Waals surface area contributed by atoms with Crippen molar-refractivity contribution in [3.05, 3.63) is 211 Å². The van der Waals surface area contributed by atoms with Gasteiger partial charge in [0, 0.05) is 95.5 Å². The van der Waals surface area contributed by atoms with Crippen LogP contribution < -0.4 is 20.7 Å². The molecule has 119 heavy (non-hydrogen) atoms. The molecule has 2 amide bonds. The average Bonchev–Trinajstić information content (AvgIpc) is 0.751. The third kappa shape index (κ3) is 22.8. The standard InChI is InChI=1S/C21H30BNO5.C20H27NO4.C19H23FN2O2S.C18H21FN2.C16H17FN2O/c1-13(2)19(24)18(21(26)28-5)17(15-10-8-14(3)9-11-15)16-7-6-12-23(20(16)25)22(4)27;1-12(2)18(22)17(20(24)25-4)16(14-9-7-13(3)8-10-14)15-6-5-11-21-19(15)23;1-12(2)18-13(3)17(14-7-9-15(20)10-8-14)16-6-5-11-22(19(16)21-18)25(4,23)24;1-11(2)17-12(3)16(13-6-8-14(19)9-7-13)15-5-4-10-20-18(15)21-17;1-9(2)15-10(3)14(13(8-20)16(18)19-15)11-4-6-12(17)7-5-11/h8-11,13,16-18,27H,6-7,12H2,1-5H3;7-10,12,15-17H,5-6,11H2,1-4H3,(H,21,23);7-10,12H,5-6,11H2,1-4H3;6-9,11H,4-5,10H2,1-3H3,(H,20,21);4-9H,1-3H3,(H2,18,19). The molecule has 2 saturated heterocycles. The zero-order valence-electron chi connectivity index (χ0n) is 72.3. The van der Waals surface area contributed by atoms with Gasteiger partial charge in [-0.15, -0.1) is 0 Å². The van der Waals surface area contributed by atoms with Gasteiger partial charge < -0.3 is 35.7 Å². The molecule has 5 N–H and O–H groups in total. The number of ketones is 2. The van der Waals surface area contributed by atoms with Crippen LogP contribution in [0, 0.1) is 87.6 Å². The van der Waals surface area contributed by atoms with Crippen molar-refractivity contribution in [2.45, 2.75) is 192 Å². The van der Waals surface area contributed by atoms with Gasteiger partial charge in [0.25, 0.3) is 0 Å². The highest BCUT2D eigenvalue weighted by Crippen LogP contribution is 2.45. The Kier molecular flexibility index (Phi) is 33.2. The van der Waals surface area contributed by atoms with Gasteiger partial charge in [-0.25, -0.2) is 36.5 Å². The number of carbonyl (C=O) groups excluding carboxylic acids is 7. The molecule has 20 nitrogen and oxygen atoms in total. The van der Waals surface area contributed by atoms with Crippen LogP contribution >= 0.6 is 0 Å². The van der Waals surface area contributed by atoms with Gasteiger partial charge in [0.2, 0.25) is 21.8 Å². The number of nitrogens with two attached hydrogens (primary N) is 1. The van der Waals surface area contributed by atoms with E-state index < -0.39 is 64.5 Å². The first-order chi connectivity index (χ1) is 56.3. The number of benzene rings is 5. The molecule has 5 aromatic carbocycles. The highest BCUT2D eigenvalue weighted by Gasteiger charge is 2.48.